The molecular weight excluding hydrogens is 428 g/mol. The van der Waals surface area contributed by atoms with E-state index in [4.69, 9.17) is 0 Å². The molecule has 0 spiro atoms. The molecule has 1 aromatic carbocycles. The van der Waals surface area contributed by atoms with Gasteiger partial charge in [-0.25, -0.2) is 13.4 Å². The minimum Gasteiger partial charge on any atom is -0.354 e. The second-order valence-corrected chi connectivity index (χ2v) is 9.39. The molecule has 1 aliphatic rings. The van der Waals surface area contributed by atoms with E-state index in [9.17, 15) is 8.42 Å². The molecule has 0 radical (unpaired) electrons. The smallest absolute Gasteiger partial charge is 0.245 e. The normalized spacial score (nSPS) is 16.0. The molecule has 2 aromatic heterocycles. The molecule has 0 bridgehead atoms. The number of aryl methyl sites for hydroxylation is 1. The van der Waals surface area contributed by atoms with Crippen LogP contribution in [0.5, 0.6) is 0 Å². The number of para-hydroxylation sites is 1. The zero-order chi connectivity index (χ0) is 19.0. The lowest BCUT2D eigenvalue weighted by atomic mass is 10.2. The van der Waals surface area contributed by atoms with Crippen LogP contribution in [0.3, 0.4) is 0 Å². The van der Waals surface area contributed by atoms with Gasteiger partial charge in [-0.1, -0.05) is 12.1 Å². The zero-order valence-electron chi connectivity index (χ0n) is 14.8. The number of hydrogen-bond acceptors (Lipinski definition) is 5. The van der Waals surface area contributed by atoms with Crippen molar-refractivity contribution in [3.63, 3.8) is 0 Å². The quantitative estimate of drug-likeness (QED) is 0.617. The Hall–Kier alpha value is -2.03. The van der Waals surface area contributed by atoms with Crippen molar-refractivity contribution in [2.24, 2.45) is 0 Å². The van der Waals surface area contributed by atoms with Crippen molar-refractivity contribution in [3.05, 3.63) is 58.8 Å². The Morgan fingerprint density at radius 2 is 1.78 bits per heavy atom. The van der Waals surface area contributed by atoms with E-state index in [1.807, 2.05) is 31.2 Å². The molecule has 1 aliphatic heterocycles. The number of fused-ring (bicyclic) bond motifs is 1. The van der Waals surface area contributed by atoms with E-state index in [1.165, 1.54) is 0 Å². The second kappa shape index (κ2) is 7.18. The van der Waals surface area contributed by atoms with Gasteiger partial charge in [0.15, 0.2) is 0 Å². The summed E-state index contributed by atoms with van der Waals surface area (Å²) in [5, 5.41) is 0.841. The number of rotatable bonds is 3. The van der Waals surface area contributed by atoms with Crippen molar-refractivity contribution in [2.75, 3.05) is 31.1 Å². The van der Waals surface area contributed by atoms with Crippen LogP contribution in [-0.2, 0) is 10.0 Å². The Kier molecular flexibility index (Phi) is 4.88. The molecule has 0 aliphatic carbocycles. The lowest BCUT2D eigenvalue weighted by Crippen LogP contribution is -2.48. The summed E-state index contributed by atoms with van der Waals surface area (Å²) in [6.45, 7) is 3.99. The molecule has 3 aromatic rings. The Balaban J connectivity index is 1.58. The first-order valence-corrected chi connectivity index (χ1v) is 10.9. The Bertz CT molecular complexity index is 1080. The topological polar surface area (TPSA) is 66.4 Å². The Morgan fingerprint density at radius 1 is 1.00 bits per heavy atom. The maximum absolute atomic E-state index is 13.2. The van der Waals surface area contributed by atoms with Gasteiger partial charge in [0.1, 0.15) is 10.7 Å². The van der Waals surface area contributed by atoms with Gasteiger partial charge in [0, 0.05) is 48.4 Å². The molecule has 8 heteroatoms. The van der Waals surface area contributed by atoms with Crippen LogP contribution in [0, 0.1) is 6.92 Å². The first-order valence-electron chi connectivity index (χ1n) is 8.67. The van der Waals surface area contributed by atoms with Gasteiger partial charge in [-0.05, 0) is 52.7 Å². The van der Waals surface area contributed by atoms with Crippen LogP contribution >= 0.6 is 15.9 Å². The molecule has 0 unspecified atom stereocenters. The van der Waals surface area contributed by atoms with Gasteiger partial charge in [0.2, 0.25) is 10.0 Å². The van der Waals surface area contributed by atoms with Gasteiger partial charge >= 0.3 is 0 Å². The van der Waals surface area contributed by atoms with E-state index in [-0.39, 0.29) is 4.90 Å². The summed E-state index contributed by atoms with van der Waals surface area (Å²) in [7, 11) is -3.60. The summed E-state index contributed by atoms with van der Waals surface area (Å²) in [6.07, 6.45) is 3.46. The van der Waals surface area contributed by atoms with E-state index in [1.54, 1.807) is 28.8 Å². The number of piperazine rings is 1. The number of benzene rings is 1. The average Bonchev–Trinajstić information content (AvgIpc) is 2.68. The van der Waals surface area contributed by atoms with Crippen LogP contribution in [0.2, 0.25) is 0 Å². The van der Waals surface area contributed by atoms with Crippen molar-refractivity contribution in [3.8, 4) is 0 Å². The minimum absolute atomic E-state index is 0.273. The van der Waals surface area contributed by atoms with Crippen molar-refractivity contribution >= 4 is 42.7 Å². The number of anilines is 1. The first kappa shape index (κ1) is 18.3. The Morgan fingerprint density at radius 3 is 2.48 bits per heavy atom. The highest BCUT2D eigenvalue weighted by atomic mass is 79.9. The lowest BCUT2D eigenvalue weighted by Gasteiger charge is -2.34. The fourth-order valence-corrected chi connectivity index (χ4v) is 5.12. The summed E-state index contributed by atoms with van der Waals surface area (Å²) in [5.41, 5.74) is 1.53. The number of aromatic nitrogens is 2. The summed E-state index contributed by atoms with van der Waals surface area (Å²) in [6, 6.07) is 11.1. The number of halogens is 1. The average molecular weight is 447 g/mol. The maximum atomic E-state index is 13.2. The van der Waals surface area contributed by atoms with Crippen molar-refractivity contribution in [1.29, 1.82) is 0 Å². The Labute approximate surface area is 167 Å². The number of nitrogens with zero attached hydrogens (tertiary/aromatic N) is 4. The van der Waals surface area contributed by atoms with Crippen molar-refractivity contribution in [1.82, 2.24) is 14.3 Å². The van der Waals surface area contributed by atoms with Gasteiger partial charge < -0.3 is 4.90 Å². The molecule has 140 valence electrons. The summed E-state index contributed by atoms with van der Waals surface area (Å²) in [4.78, 5) is 11.2. The lowest BCUT2D eigenvalue weighted by molar-refractivity contribution is 0.384. The van der Waals surface area contributed by atoms with E-state index in [2.05, 4.69) is 30.8 Å². The summed E-state index contributed by atoms with van der Waals surface area (Å²) in [5.74, 6) is 0.859. The third-order valence-corrected chi connectivity index (χ3v) is 7.10. The summed E-state index contributed by atoms with van der Waals surface area (Å²) < 4.78 is 28.9. The van der Waals surface area contributed by atoms with Crippen molar-refractivity contribution in [2.45, 2.75) is 11.8 Å². The largest absolute Gasteiger partial charge is 0.354 e. The van der Waals surface area contributed by atoms with Gasteiger partial charge in [-0.15, -0.1) is 0 Å². The number of pyridine rings is 2. The molecule has 1 saturated heterocycles. The van der Waals surface area contributed by atoms with Crippen LogP contribution in [0.4, 0.5) is 5.82 Å². The molecule has 0 saturated carbocycles. The highest BCUT2D eigenvalue weighted by Gasteiger charge is 2.30. The van der Waals surface area contributed by atoms with Crippen molar-refractivity contribution < 1.29 is 8.42 Å². The molecule has 0 N–H and O–H groups in total. The highest BCUT2D eigenvalue weighted by Crippen LogP contribution is 2.26. The third-order valence-electron chi connectivity index (χ3n) is 4.70. The fourth-order valence-electron chi connectivity index (χ4n) is 3.30. The monoisotopic (exact) mass is 446 g/mol. The molecule has 6 nitrogen and oxygen atoms in total. The maximum Gasteiger partial charge on any atom is 0.245 e. The molecular formula is C19H19BrN4O2S. The predicted molar refractivity (Wildman–Crippen MR) is 109 cm³/mol. The highest BCUT2D eigenvalue weighted by molar-refractivity contribution is 9.10. The zero-order valence-corrected chi connectivity index (χ0v) is 17.2. The minimum atomic E-state index is -3.60. The van der Waals surface area contributed by atoms with Gasteiger partial charge in [-0.2, -0.15) is 4.31 Å². The molecule has 0 amide bonds. The molecule has 1 fully saturated rings. The molecule has 4 rings (SSSR count). The van der Waals surface area contributed by atoms with Gasteiger partial charge in [-0.3, -0.25) is 4.98 Å². The van der Waals surface area contributed by atoms with Crippen LogP contribution in [0.15, 0.2) is 58.2 Å². The standard InChI is InChI=1S/C19H19BrN4O2S/c1-14-11-15-3-2-4-17(19(15)22-12-14)27(25,26)24-9-7-23(8-10-24)18-6-5-16(20)13-21-18/h2-6,11-13H,7-10H2,1H3. The van der Waals surface area contributed by atoms with E-state index >= 15 is 0 Å². The van der Waals surface area contributed by atoms with Crippen LogP contribution in [0.25, 0.3) is 10.9 Å². The second-order valence-electron chi connectivity index (χ2n) is 6.57. The fraction of sp³-hybridized carbons (Fsp3) is 0.263. The molecule has 0 atom stereocenters. The molecule has 3 heterocycles. The number of sulfonamides is 1. The number of hydrogen-bond donors (Lipinski definition) is 0. The van der Waals surface area contributed by atoms with Crippen LogP contribution in [0.1, 0.15) is 5.56 Å². The third kappa shape index (κ3) is 3.56. The van der Waals surface area contributed by atoms with E-state index in [0.717, 1.165) is 21.2 Å². The SMILES string of the molecule is Cc1cnc2c(S(=O)(=O)N3CCN(c4ccc(Br)cn4)CC3)cccc2c1. The first-order chi connectivity index (χ1) is 12.9. The van der Waals surface area contributed by atoms with E-state index < -0.39 is 10.0 Å². The van der Waals surface area contributed by atoms with Gasteiger partial charge in [0.05, 0.1) is 5.52 Å². The molecule has 27 heavy (non-hydrogen) atoms. The summed E-state index contributed by atoms with van der Waals surface area (Å²) >= 11 is 3.38. The predicted octanol–water partition coefficient (Wildman–Crippen LogP) is 3.21. The van der Waals surface area contributed by atoms with Gasteiger partial charge in [0.25, 0.3) is 0 Å². The van der Waals surface area contributed by atoms with Crippen LogP contribution < -0.4 is 4.90 Å². The van der Waals surface area contributed by atoms with Crippen LogP contribution in [-0.4, -0.2) is 48.9 Å². The van der Waals surface area contributed by atoms with E-state index in [0.29, 0.717) is 31.7 Å².